The third-order valence-electron chi connectivity index (χ3n) is 4.25. The Hall–Kier alpha value is -2.77. The van der Waals surface area contributed by atoms with E-state index in [9.17, 15) is 9.59 Å². The molecule has 7 nitrogen and oxygen atoms in total. The van der Waals surface area contributed by atoms with Gasteiger partial charge in [-0.25, -0.2) is 0 Å². The van der Waals surface area contributed by atoms with Crippen molar-refractivity contribution in [1.82, 2.24) is 10.2 Å². The highest BCUT2D eigenvalue weighted by Crippen LogP contribution is 2.34. The lowest BCUT2D eigenvalue weighted by molar-refractivity contribution is -0.123. The Balaban J connectivity index is 1.47. The van der Waals surface area contributed by atoms with Crippen molar-refractivity contribution in [3.63, 3.8) is 0 Å². The Labute approximate surface area is 168 Å². The molecular weight excluding hydrogens is 382 g/mol. The average Bonchev–Trinajstić information content (AvgIpc) is 3.11. The molecule has 0 aromatic heterocycles. The molecular formula is C20H22ClN3O4. The number of para-hydroxylation sites is 1. The van der Waals surface area contributed by atoms with Crippen LogP contribution in [0.3, 0.4) is 0 Å². The number of likely N-dealkylation sites (N-methyl/N-ethyl adjacent to an activating group) is 1. The maximum absolute atomic E-state index is 12.3. The van der Waals surface area contributed by atoms with E-state index < -0.39 is 0 Å². The summed E-state index contributed by atoms with van der Waals surface area (Å²) in [6.07, 6.45) is 0. The van der Waals surface area contributed by atoms with Crippen molar-refractivity contribution in [3.05, 3.63) is 53.1 Å². The number of carbonyl (C=O) groups excluding carboxylic acids is 2. The van der Waals surface area contributed by atoms with Crippen molar-refractivity contribution in [2.45, 2.75) is 13.0 Å². The topological polar surface area (TPSA) is 79.9 Å². The summed E-state index contributed by atoms with van der Waals surface area (Å²) < 4.78 is 10.7. The highest BCUT2D eigenvalue weighted by Gasteiger charge is 2.18. The Bertz CT molecular complexity index is 874. The monoisotopic (exact) mass is 403 g/mol. The maximum Gasteiger partial charge on any atom is 0.238 e. The van der Waals surface area contributed by atoms with Crippen LogP contribution >= 0.6 is 11.6 Å². The van der Waals surface area contributed by atoms with Gasteiger partial charge in [-0.05, 0) is 43.8 Å². The van der Waals surface area contributed by atoms with Gasteiger partial charge in [-0.1, -0.05) is 29.8 Å². The van der Waals surface area contributed by atoms with E-state index in [0.29, 0.717) is 22.2 Å². The SMILES string of the molecule is C[C@H](NC(=O)CN(C)CC(=O)Nc1ccccc1Cl)c1ccc2c(c1)OCO2. The molecule has 2 amide bonds. The van der Waals surface area contributed by atoms with Crippen molar-refractivity contribution < 1.29 is 19.1 Å². The summed E-state index contributed by atoms with van der Waals surface area (Å²) in [6.45, 7) is 2.25. The van der Waals surface area contributed by atoms with Crippen LogP contribution in [-0.4, -0.2) is 43.6 Å². The molecule has 0 saturated carbocycles. The summed E-state index contributed by atoms with van der Waals surface area (Å²) in [4.78, 5) is 26.1. The number of fused-ring (bicyclic) bond motifs is 1. The first-order valence-corrected chi connectivity index (χ1v) is 9.22. The van der Waals surface area contributed by atoms with E-state index in [1.54, 1.807) is 36.2 Å². The number of nitrogens with one attached hydrogen (secondary N) is 2. The van der Waals surface area contributed by atoms with Gasteiger partial charge in [0.05, 0.1) is 29.8 Å². The van der Waals surface area contributed by atoms with Crippen molar-refractivity contribution in [2.75, 3.05) is 32.2 Å². The molecule has 1 atom stereocenters. The number of amides is 2. The molecule has 8 heteroatoms. The zero-order valence-electron chi connectivity index (χ0n) is 15.7. The number of benzene rings is 2. The molecule has 0 saturated heterocycles. The molecule has 0 fully saturated rings. The number of halogens is 1. The maximum atomic E-state index is 12.3. The van der Waals surface area contributed by atoms with Crippen LogP contribution in [-0.2, 0) is 9.59 Å². The molecule has 0 radical (unpaired) electrons. The third kappa shape index (κ3) is 5.15. The minimum absolute atomic E-state index is 0.0665. The highest BCUT2D eigenvalue weighted by atomic mass is 35.5. The van der Waals surface area contributed by atoms with Gasteiger partial charge in [-0.2, -0.15) is 0 Å². The summed E-state index contributed by atoms with van der Waals surface area (Å²) in [7, 11) is 1.71. The lowest BCUT2D eigenvalue weighted by Crippen LogP contribution is -2.39. The first-order chi connectivity index (χ1) is 13.4. The highest BCUT2D eigenvalue weighted by molar-refractivity contribution is 6.33. The van der Waals surface area contributed by atoms with Crippen LogP contribution in [0.25, 0.3) is 0 Å². The number of rotatable bonds is 7. The van der Waals surface area contributed by atoms with Gasteiger partial charge in [-0.3, -0.25) is 14.5 Å². The number of nitrogens with zero attached hydrogens (tertiary/aromatic N) is 1. The zero-order valence-corrected chi connectivity index (χ0v) is 16.5. The molecule has 0 unspecified atom stereocenters. The standard InChI is InChI=1S/C20H22ClN3O4/c1-13(14-7-8-17-18(9-14)28-12-27-17)22-19(25)10-24(2)11-20(26)23-16-6-4-3-5-15(16)21/h3-9,13H,10-12H2,1-2H3,(H,22,25)(H,23,26)/t13-/m0/s1. The zero-order chi connectivity index (χ0) is 20.1. The van der Waals surface area contributed by atoms with Crippen molar-refractivity contribution >= 4 is 29.1 Å². The van der Waals surface area contributed by atoms with Crippen LogP contribution in [0.4, 0.5) is 5.69 Å². The normalized spacial score (nSPS) is 13.3. The summed E-state index contributed by atoms with van der Waals surface area (Å²) in [5, 5.41) is 6.12. The van der Waals surface area contributed by atoms with E-state index in [2.05, 4.69) is 10.6 Å². The molecule has 0 spiro atoms. The van der Waals surface area contributed by atoms with Crippen LogP contribution in [0.5, 0.6) is 11.5 Å². The first-order valence-electron chi connectivity index (χ1n) is 8.84. The van der Waals surface area contributed by atoms with Gasteiger partial charge in [-0.15, -0.1) is 0 Å². The van der Waals surface area contributed by atoms with E-state index in [4.69, 9.17) is 21.1 Å². The van der Waals surface area contributed by atoms with Gasteiger partial charge in [0, 0.05) is 0 Å². The summed E-state index contributed by atoms with van der Waals surface area (Å²) in [5.41, 5.74) is 1.46. The number of ether oxygens (including phenoxy) is 2. The molecule has 2 N–H and O–H groups in total. The lowest BCUT2D eigenvalue weighted by Gasteiger charge is -2.19. The van der Waals surface area contributed by atoms with E-state index >= 15 is 0 Å². The summed E-state index contributed by atoms with van der Waals surface area (Å²) in [6, 6.07) is 12.4. The van der Waals surface area contributed by atoms with E-state index in [-0.39, 0.29) is 37.7 Å². The fourth-order valence-corrected chi connectivity index (χ4v) is 3.03. The first kappa shape index (κ1) is 20.0. The average molecular weight is 404 g/mol. The minimum Gasteiger partial charge on any atom is -0.454 e. The van der Waals surface area contributed by atoms with Crippen LogP contribution in [0.1, 0.15) is 18.5 Å². The van der Waals surface area contributed by atoms with Crippen LogP contribution in [0.15, 0.2) is 42.5 Å². The fraction of sp³-hybridized carbons (Fsp3) is 0.300. The van der Waals surface area contributed by atoms with Crippen LogP contribution < -0.4 is 20.1 Å². The molecule has 1 heterocycles. The molecule has 148 valence electrons. The quantitative estimate of drug-likeness (QED) is 0.743. The Kier molecular flexibility index (Phi) is 6.38. The summed E-state index contributed by atoms with van der Waals surface area (Å²) >= 11 is 6.03. The van der Waals surface area contributed by atoms with Crippen molar-refractivity contribution in [1.29, 1.82) is 0 Å². The number of hydrogen-bond acceptors (Lipinski definition) is 5. The van der Waals surface area contributed by atoms with Crippen molar-refractivity contribution in [2.24, 2.45) is 0 Å². The summed E-state index contributed by atoms with van der Waals surface area (Å²) in [5.74, 6) is 0.948. The van der Waals surface area contributed by atoms with Crippen LogP contribution in [0.2, 0.25) is 5.02 Å². The minimum atomic E-state index is -0.243. The number of hydrogen-bond donors (Lipinski definition) is 2. The second-order valence-corrected chi connectivity index (χ2v) is 7.01. The molecule has 0 bridgehead atoms. The fourth-order valence-electron chi connectivity index (χ4n) is 2.85. The predicted molar refractivity (Wildman–Crippen MR) is 107 cm³/mol. The van der Waals surface area contributed by atoms with Gasteiger partial charge in [0.15, 0.2) is 11.5 Å². The van der Waals surface area contributed by atoms with E-state index in [1.165, 1.54) is 0 Å². The van der Waals surface area contributed by atoms with E-state index in [0.717, 1.165) is 5.56 Å². The van der Waals surface area contributed by atoms with Crippen LogP contribution in [0, 0.1) is 0 Å². The largest absolute Gasteiger partial charge is 0.454 e. The Morgan fingerprint density at radius 3 is 2.61 bits per heavy atom. The van der Waals surface area contributed by atoms with Gasteiger partial charge in [0.1, 0.15) is 0 Å². The molecule has 1 aliphatic heterocycles. The van der Waals surface area contributed by atoms with Gasteiger partial charge in [0.2, 0.25) is 18.6 Å². The molecule has 1 aliphatic rings. The molecule has 28 heavy (non-hydrogen) atoms. The molecule has 2 aromatic carbocycles. The number of carbonyl (C=O) groups is 2. The molecule has 0 aliphatic carbocycles. The smallest absolute Gasteiger partial charge is 0.238 e. The third-order valence-corrected chi connectivity index (χ3v) is 4.58. The number of anilines is 1. The van der Waals surface area contributed by atoms with Gasteiger partial charge in [0.25, 0.3) is 0 Å². The lowest BCUT2D eigenvalue weighted by atomic mass is 10.1. The van der Waals surface area contributed by atoms with Gasteiger partial charge < -0.3 is 20.1 Å². The molecule has 2 aromatic rings. The Morgan fingerprint density at radius 1 is 1.11 bits per heavy atom. The predicted octanol–water partition coefficient (Wildman–Crippen LogP) is 2.82. The Morgan fingerprint density at radius 2 is 1.82 bits per heavy atom. The van der Waals surface area contributed by atoms with Gasteiger partial charge >= 0.3 is 0 Å². The van der Waals surface area contributed by atoms with E-state index in [1.807, 2.05) is 25.1 Å². The van der Waals surface area contributed by atoms with Crippen molar-refractivity contribution in [3.8, 4) is 11.5 Å². The second-order valence-electron chi connectivity index (χ2n) is 6.60. The second kappa shape index (κ2) is 8.95. The molecule has 3 rings (SSSR count).